The van der Waals surface area contributed by atoms with Crippen LogP contribution in [0.25, 0.3) is 0 Å². The molecule has 30 heavy (non-hydrogen) atoms. The summed E-state index contributed by atoms with van der Waals surface area (Å²) in [4.78, 5) is 0. The van der Waals surface area contributed by atoms with Gasteiger partial charge in [-0.2, -0.15) is 0 Å². The molecule has 1 heterocycles. The average molecular weight is 423 g/mol. The molecule has 1 aliphatic heterocycles. The lowest BCUT2D eigenvalue weighted by Crippen LogP contribution is -2.20. The van der Waals surface area contributed by atoms with Crippen molar-refractivity contribution in [1.29, 1.82) is 0 Å². The highest BCUT2D eigenvalue weighted by atomic mass is 19.2. The number of hydrogen-bond donors (Lipinski definition) is 0. The van der Waals surface area contributed by atoms with E-state index in [2.05, 4.69) is 6.92 Å². The summed E-state index contributed by atoms with van der Waals surface area (Å²) in [5, 5.41) is 0. The maximum absolute atomic E-state index is 14.3. The maximum Gasteiger partial charge on any atom is 0.196 e. The van der Waals surface area contributed by atoms with Crippen molar-refractivity contribution in [2.75, 3.05) is 20.3 Å². The Bertz CT molecular complexity index is 702. The zero-order chi connectivity index (χ0) is 21.9. The van der Waals surface area contributed by atoms with Crippen LogP contribution < -0.4 is 4.74 Å². The second kappa shape index (κ2) is 12.7. The van der Waals surface area contributed by atoms with E-state index in [9.17, 15) is 8.78 Å². The van der Waals surface area contributed by atoms with Crippen molar-refractivity contribution in [3.63, 3.8) is 0 Å². The van der Waals surface area contributed by atoms with Gasteiger partial charge in [-0.15, -0.1) is 0 Å². The molecule has 0 spiro atoms. The van der Waals surface area contributed by atoms with E-state index in [0.29, 0.717) is 18.1 Å². The minimum absolute atomic E-state index is 0.00847. The van der Waals surface area contributed by atoms with Crippen molar-refractivity contribution >= 4 is 0 Å². The predicted molar refractivity (Wildman–Crippen MR) is 117 cm³/mol. The van der Waals surface area contributed by atoms with Crippen molar-refractivity contribution in [3.05, 3.63) is 52.8 Å². The van der Waals surface area contributed by atoms with Gasteiger partial charge in [0.2, 0.25) is 0 Å². The second-order valence-electron chi connectivity index (χ2n) is 7.96. The fraction of sp³-hybridized carbons (Fsp3) is 0.600. The van der Waals surface area contributed by atoms with Crippen LogP contribution in [0.1, 0.15) is 77.4 Å². The summed E-state index contributed by atoms with van der Waals surface area (Å²) < 4.78 is 44.8. The molecule has 0 saturated carbocycles. The molecule has 1 fully saturated rings. The van der Waals surface area contributed by atoms with Gasteiger partial charge >= 0.3 is 0 Å². The number of allylic oxidation sites excluding steroid dienone is 3. The largest absolute Gasteiger partial charge is 0.498 e. The molecule has 2 atom stereocenters. The van der Waals surface area contributed by atoms with Crippen LogP contribution in [0.3, 0.4) is 0 Å². The highest BCUT2D eigenvalue weighted by Crippen LogP contribution is 2.33. The first-order valence-electron chi connectivity index (χ1n) is 11.1. The van der Waals surface area contributed by atoms with Gasteiger partial charge in [0, 0.05) is 5.57 Å². The van der Waals surface area contributed by atoms with Gasteiger partial charge in [0.05, 0.1) is 19.8 Å². The van der Waals surface area contributed by atoms with E-state index in [1.165, 1.54) is 46.1 Å². The van der Waals surface area contributed by atoms with Gasteiger partial charge in [-0.25, -0.2) is 8.78 Å². The summed E-state index contributed by atoms with van der Waals surface area (Å²) >= 11 is 0. The van der Waals surface area contributed by atoms with Crippen LogP contribution in [0.5, 0.6) is 5.75 Å². The Morgan fingerprint density at radius 2 is 1.80 bits per heavy atom. The van der Waals surface area contributed by atoms with Gasteiger partial charge in [-0.05, 0) is 56.2 Å². The molecule has 0 radical (unpaired) electrons. The van der Waals surface area contributed by atoms with Gasteiger partial charge in [0.1, 0.15) is 18.1 Å². The first kappa shape index (κ1) is 24.4. The topological polar surface area (TPSA) is 27.7 Å². The van der Waals surface area contributed by atoms with Gasteiger partial charge in [0.15, 0.2) is 11.7 Å². The minimum atomic E-state index is -0.976. The predicted octanol–water partition coefficient (Wildman–Crippen LogP) is 7.59. The number of methoxy groups -OCH3 is 1. The lowest BCUT2D eigenvalue weighted by Gasteiger charge is -2.29. The first-order chi connectivity index (χ1) is 14.5. The Morgan fingerprint density at radius 3 is 2.37 bits per heavy atom. The number of unbranched alkanes of at least 4 members (excludes halogenated alkanes) is 2. The van der Waals surface area contributed by atoms with Crippen LogP contribution in [0.4, 0.5) is 8.78 Å². The average Bonchev–Trinajstić information content (AvgIpc) is 2.79. The smallest absolute Gasteiger partial charge is 0.196 e. The van der Waals surface area contributed by atoms with Gasteiger partial charge in [-0.1, -0.05) is 45.2 Å². The molecule has 2 unspecified atom stereocenters. The monoisotopic (exact) mass is 422 g/mol. The molecule has 0 bridgehead atoms. The molecule has 1 saturated heterocycles. The molecule has 0 aliphatic carbocycles. The Morgan fingerprint density at radius 1 is 1.07 bits per heavy atom. The normalized spacial score (nSPS) is 21.0. The van der Waals surface area contributed by atoms with E-state index in [-0.39, 0.29) is 24.0 Å². The Kier molecular flexibility index (Phi) is 10.4. The van der Waals surface area contributed by atoms with Crippen molar-refractivity contribution in [2.45, 2.75) is 71.8 Å². The van der Waals surface area contributed by atoms with E-state index in [4.69, 9.17) is 14.2 Å². The van der Waals surface area contributed by atoms with Crippen LogP contribution in [-0.2, 0) is 9.47 Å². The zero-order valence-corrected chi connectivity index (χ0v) is 18.8. The molecule has 0 amide bonds. The maximum atomic E-state index is 14.3. The SMILES string of the molecule is CCCCCC1CCC(c2ccc(OC/C(CC)=C(F)/C(F)=C(\C)OC)cc2)OC1. The number of rotatable bonds is 11. The summed E-state index contributed by atoms with van der Waals surface area (Å²) in [5.41, 5.74) is 1.40. The molecule has 1 aromatic carbocycles. The number of benzene rings is 1. The fourth-order valence-corrected chi connectivity index (χ4v) is 3.65. The minimum Gasteiger partial charge on any atom is -0.498 e. The van der Waals surface area contributed by atoms with Crippen LogP contribution in [0, 0.1) is 5.92 Å². The Hall–Kier alpha value is -1.88. The molecule has 0 N–H and O–H groups in total. The molecule has 3 nitrogen and oxygen atoms in total. The van der Waals surface area contributed by atoms with E-state index in [1.807, 2.05) is 24.3 Å². The van der Waals surface area contributed by atoms with Crippen molar-refractivity contribution in [2.24, 2.45) is 5.92 Å². The first-order valence-corrected chi connectivity index (χ1v) is 11.1. The van der Waals surface area contributed by atoms with E-state index >= 15 is 0 Å². The number of hydrogen-bond acceptors (Lipinski definition) is 3. The Balaban J connectivity index is 1.89. The third kappa shape index (κ3) is 7.12. The quantitative estimate of drug-likeness (QED) is 0.209. The molecule has 1 aromatic rings. The molecule has 0 aromatic heterocycles. The third-order valence-electron chi connectivity index (χ3n) is 5.80. The van der Waals surface area contributed by atoms with E-state index in [0.717, 1.165) is 18.6 Å². The van der Waals surface area contributed by atoms with Crippen molar-refractivity contribution in [1.82, 2.24) is 0 Å². The summed E-state index contributed by atoms with van der Waals surface area (Å²) in [6.07, 6.45) is 7.83. The lowest BCUT2D eigenvalue weighted by atomic mass is 9.91. The second-order valence-corrected chi connectivity index (χ2v) is 7.96. The van der Waals surface area contributed by atoms with Crippen LogP contribution in [-0.4, -0.2) is 20.3 Å². The highest BCUT2D eigenvalue weighted by Gasteiger charge is 2.22. The van der Waals surface area contributed by atoms with Gasteiger partial charge in [-0.3, -0.25) is 0 Å². The van der Waals surface area contributed by atoms with E-state index in [1.54, 1.807) is 6.92 Å². The molecular formula is C25H36F2O3. The summed E-state index contributed by atoms with van der Waals surface area (Å²) in [7, 11) is 1.31. The van der Waals surface area contributed by atoms with Gasteiger partial charge < -0.3 is 14.2 Å². The molecule has 168 valence electrons. The lowest BCUT2D eigenvalue weighted by molar-refractivity contribution is -0.0199. The fourth-order valence-electron chi connectivity index (χ4n) is 3.65. The zero-order valence-electron chi connectivity index (χ0n) is 18.8. The molecule has 1 aliphatic rings. The van der Waals surface area contributed by atoms with Crippen molar-refractivity contribution in [3.8, 4) is 5.75 Å². The number of ether oxygens (including phenoxy) is 3. The van der Waals surface area contributed by atoms with Crippen LogP contribution in [0.15, 0.2) is 47.3 Å². The summed E-state index contributed by atoms with van der Waals surface area (Å²) in [6.45, 7) is 6.21. The van der Waals surface area contributed by atoms with Crippen molar-refractivity contribution < 1.29 is 23.0 Å². The van der Waals surface area contributed by atoms with E-state index < -0.39 is 11.7 Å². The Labute approximate surface area is 180 Å². The summed E-state index contributed by atoms with van der Waals surface area (Å²) in [6, 6.07) is 7.73. The molecular weight excluding hydrogens is 386 g/mol. The molecule has 2 rings (SSSR count). The highest BCUT2D eigenvalue weighted by molar-refractivity contribution is 5.31. The third-order valence-corrected chi connectivity index (χ3v) is 5.80. The van der Waals surface area contributed by atoms with Crippen LogP contribution >= 0.6 is 0 Å². The standard InChI is InChI=1S/C25H36F2O3/c1-5-7-8-9-19-10-15-23(30-16-19)21-11-13-22(14-12-21)29-17-20(6-2)25(27)24(26)18(3)28-4/h11-14,19,23H,5-10,15-17H2,1-4H3/b24-18-,25-20-. The summed E-state index contributed by atoms with van der Waals surface area (Å²) in [5.74, 6) is -0.657. The molecule has 5 heteroatoms. The van der Waals surface area contributed by atoms with Crippen LogP contribution in [0.2, 0.25) is 0 Å². The van der Waals surface area contributed by atoms with Gasteiger partial charge in [0.25, 0.3) is 0 Å². The number of halogens is 2.